The van der Waals surface area contributed by atoms with E-state index in [4.69, 9.17) is 10.5 Å². The Morgan fingerprint density at radius 3 is 3.29 bits per heavy atom. The van der Waals surface area contributed by atoms with E-state index in [1.54, 1.807) is 11.3 Å². The largest absolute Gasteiger partial charge is 0.377 e. The number of nitrogens with two attached hydrogens (primary N) is 1. The number of aromatic nitrogens is 2. The lowest BCUT2D eigenvalue weighted by Gasteiger charge is -2.27. The molecule has 2 N–H and O–H groups in total. The van der Waals surface area contributed by atoms with Crippen LogP contribution in [0.1, 0.15) is 25.0 Å². The molecule has 0 radical (unpaired) electrons. The summed E-state index contributed by atoms with van der Waals surface area (Å²) < 4.78 is 7.76. The average Bonchev–Trinajstić information content (AvgIpc) is 2.90. The first kappa shape index (κ1) is 11.2. The van der Waals surface area contributed by atoms with Gasteiger partial charge in [0.05, 0.1) is 11.8 Å². The first-order valence-corrected chi connectivity index (χ1v) is 6.99. The van der Waals surface area contributed by atoms with Gasteiger partial charge in [0.25, 0.3) is 0 Å². The third-order valence-electron chi connectivity index (χ3n) is 3.28. The second-order valence-corrected chi connectivity index (χ2v) is 5.47. The van der Waals surface area contributed by atoms with E-state index in [1.807, 2.05) is 11.6 Å². The summed E-state index contributed by atoms with van der Waals surface area (Å²) >= 11 is 1.65. The van der Waals surface area contributed by atoms with Crippen LogP contribution in [-0.2, 0) is 11.2 Å². The highest BCUT2D eigenvalue weighted by molar-refractivity contribution is 7.15. The minimum atomic E-state index is 0.0694. The van der Waals surface area contributed by atoms with Gasteiger partial charge in [-0.3, -0.25) is 4.40 Å². The minimum Gasteiger partial charge on any atom is -0.377 e. The van der Waals surface area contributed by atoms with Crippen molar-refractivity contribution in [3.05, 3.63) is 23.5 Å². The molecule has 3 heterocycles. The van der Waals surface area contributed by atoms with Crippen LogP contribution in [0.5, 0.6) is 0 Å². The average molecular weight is 251 g/mol. The van der Waals surface area contributed by atoms with Crippen molar-refractivity contribution in [3.63, 3.8) is 0 Å². The van der Waals surface area contributed by atoms with Crippen LogP contribution in [0.25, 0.3) is 4.96 Å². The van der Waals surface area contributed by atoms with Crippen molar-refractivity contribution in [1.29, 1.82) is 0 Å². The van der Waals surface area contributed by atoms with E-state index in [1.165, 1.54) is 12.8 Å². The van der Waals surface area contributed by atoms with Crippen molar-refractivity contribution in [2.75, 3.05) is 6.61 Å². The Bertz CT molecular complexity index is 458. The number of nitrogens with zero attached hydrogens (tertiary/aromatic N) is 2. The fraction of sp³-hybridized carbons (Fsp3) is 0.583. The van der Waals surface area contributed by atoms with E-state index in [-0.39, 0.29) is 12.1 Å². The van der Waals surface area contributed by atoms with Crippen LogP contribution in [0, 0.1) is 0 Å². The minimum absolute atomic E-state index is 0.0694. The molecular formula is C12H17N3OS. The van der Waals surface area contributed by atoms with Crippen molar-refractivity contribution in [3.8, 4) is 0 Å². The van der Waals surface area contributed by atoms with Gasteiger partial charge >= 0.3 is 0 Å². The summed E-state index contributed by atoms with van der Waals surface area (Å²) in [6, 6.07) is 0.0694. The van der Waals surface area contributed by atoms with E-state index in [2.05, 4.69) is 15.6 Å². The molecule has 92 valence electrons. The Hall–Kier alpha value is -0.910. The number of hydrogen-bond donors (Lipinski definition) is 1. The highest BCUT2D eigenvalue weighted by Crippen LogP contribution is 2.18. The van der Waals surface area contributed by atoms with Crippen LogP contribution >= 0.6 is 11.3 Å². The predicted molar refractivity (Wildman–Crippen MR) is 68.3 cm³/mol. The zero-order valence-electron chi connectivity index (χ0n) is 9.71. The molecule has 4 nitrogen and oxygen atoms in total. The number of fused-ring (bicyclic) bond motifs is 1. The van der Waals surface area contributed by atoms with Crippen LogP contribution in [-0.4, -0.2) is 28.1 Å². The SMILES string of the molecule is NC(Cc1cn2ccsc2n1)C1CCCCO1. The van der Waals surface area contributed by atoms with Crippen molar-refractivity contribution in [2.45, 2.75) is 37.8 Å². The first-order valence-electron chi connectivity index (χ1n) is 6.11. The van der Waals surface area contributed by atoms with Gasteiger partial charge in [0.2, 0.25) is 0 Å². The first-order chi connectivity index (χ1) is 8.33. The Morgan fingerprint density at radius 1 is 1.59 bits per heavy atom. The van der Waals surface area contributed by atoms with Gasteiger partial charge in [0.15, 0.2) is 4.96 Å². The van der Waals surface area contributed by atoms with Gasteiger partial charge in [-0.25, -0.2) is 4.98 Å². The maximum absolute atomic E-state index is 6.20. The second-order valence-electron chi connectivity index (χ2n) is 4.60. The zero-order valence-corrected chi connectivity index (χ0v) is 10.5. The predicted octanol–water partition coefficient (Wildman–Crippen LogP) is 1.83. The summed E-state index contributed by atoms with van der Waals surface area (Å²) in [4.78, 5) is 5.59. The number of hydrogen-bond acceptors (Lipinski definition) is 4. The number of thiazole rings is 1. The maximum atomic E-state index is 6.20. The van der Waals surface area contributed by atoms with Crippen LogP contribution < -0.4 is 5.73 Å². The Morgan fingerprint density at radius 2 is 2.53 bits per heavy atom. The van der Waals surface area contributed by atoms with Gasteiger partial charge in [-0.1, -0.05) is 0 Å². The van der Waals surface area contributed by atoms with Gasteiger partial charge in [-0.2, -0.15) is 0 Å². The lowest BCUT2D eigenvalue weighted by atomic mass is 9.99. The molecule has 2 atom stereocenters. The van der Waals surface area contributed by atoms with Crippen LogP contribution in [0.2, 0.25) is 0 Å². The lowest BCUT2D eigenvalue weighted by molar-refractivity contribution is 0.000489. The van der Waals surface area contributed by atoms with Gasteiger partial charge in [0.1, 0.15) is 0 Å². The Labute approximate surface area is 104 Å². The highest BCUT2D eigenvalue weighted by atomic mass is 32.1. The maximum Gasteiger partial charge on any atom is 0.193 e. The molecule has 1 aliphatic rings. The summed E-state index contributed by atoms with van der Waals surface area (Å²) in [5.74, 6) is 0. The second kappa shape index (κ2) is 4.76. The van der Waals surface area contributed by atoms with Gasteiger partial charge in [-0.15, -0.1) is 11.3 Å². The molecule has 1 aliphatic heterocycles. The van der Waals surface area contributed by atoms with Crippen molar-refractivity contribution in [2.24, 2.45) is 5.73 Å². The number of imidazole rings is 1. The summed E-state index contributed by atoms with van der Waals surface area (Å²) in [7, 11) is 0. The molecule has 2 aromatic rings. The Kier molecular flexibility index (Phi) is 3.13. The Balaban J connectivity index is 1.67. The quantitative estimate of drug-likeness (QED) is 0.905. The summed E-state index contributed by atoms with van der Waals surface area (Å²) in [5, 5.41) is 2.04. The summed E-state index contributed by atoms with van der Waals surface area (Å²) in [6.07, 6.45) is 8.60. The molecule has 0 saturated carbocycles. The van der Waals surface area contributed by atoms with Crippen molar-refractivity contribution >= 4 is 16.3 Å². The van der Waals surface area contributed by atoms with E-state index in [0.717, 1.165) is 30.1 Å². The van der Waals surface area contributed by atoms with Gasteiger partial charge in [0, 0.05) is 36.8 Å². The van der Waals surface area contributed by atoms with E-state index in [9.17, 15) is 0 Å². The molecule has 0 spiro atoms. The molecule has 2 aromatic heterocycles. The normalized spacial score (nSPS) is 23.0. The van der Waals surface area contributed by atoms with Gasteiger partial charge < -0.3 is 10.5 Å². The smallest absolute Gasteiger partial charge is 0.193 e. The molecule has 0 aliphatic carbocycles. The van der Waals surface area contributed by atoms with Crippen LogP contribution in [0.4, 0.5) is 0 Å². The number of ether oxygens (including phenoxy) is 1. The van der Waals surface area contributed by atoms with E-state index in [0.29, 0.717) is 0 Å². The molecular weight excluding hydrogens is 234 g/mol. The molecule has 5 heteroatoms. The fourth-order valence-electron chi connectivity index (χ4n) is 2.35. The topological polar surface area (TPSA) is 52.5 Å². The zero-order chi connectivity index (χ0) is 11.7. The third kappa shape index (κ3) is 2.36. The summed E-state index contributed by atoms with van der Waals surface area (Å²) in [5.41, 5.74) is 7.27. The van der Waals surface area contributed by atoms with Crippen LogP contribution in [0.15, 0.2) is 17.8 Å². The van der Waals surface area contributed by atoms with E-state index < -0.39 is 0 Å². The van der Waals surface area contributed by atoms with E-state index >= 15 is 0 Å². The molecule has 17 heavy (non-hydrogen) atoms. The molecule has 1 fully saturated rings. The summed E-state index contributed by atoms with van der Waals surface area (Å²) in [6.45, 7) is 0.858. The number of rotatable bonds is 3. The molecule has 3 rings (SSSR count). The van der Waals surface area contributed by atoms with Gasteiger partial charge in [-0.05, 0) is 19.3 Å². The molecule has 2 unspecified atom stereocenters. The molecule has 0 aromatic carbocycles. The molecule has 0 bridgehead atoms. The monoisotopic (exact) mass is 251 g/mol. The molecule has 1 saturated heterocycles. The third-order valence-corrected chi connectivity index (χ3v) is 4.05. The molecule has 0 amide bonds. The van der Waals surface area contributed by atoms with Crippen molar-refractivity contribution in [1.82, 2.24) is 9.38 Å². The standard InChI is InChI=1S/C12H17N3OS/c13-10(11-3-1-2-5-16-11)7-9-8-15-4-6-17-12(15)14-9/h4,6,8,10-11H,1-3,5,7,13H2. The lowest BCUT2D eigenvalue weighted by Crippen LogP contribution is -2.40. The highest BCUT2D eigenvalue weighted by Gasteiger charge is 2.22. The van der Waals surface area contributed by atoms with Crippen molar-refractivity contribution < 1.29 is 4.74 Å². The van der Waals surface area contributed by atoms with Crippen LogP contribution in [0.3, 0.4) is 0 Å². The fourth-order valence-corrected chi connectivity index (χ4v) is 3.07.